The highest BCUT2D eigenvalue weighted by atomic mass is 32.2. The van der Waals surface area contributed by atoms with Gasteiger partial charge >= 0.3 is 0 Å². The topological polar surface area (TPSA) is 94.0 Å². The Hall–Kier alpha value is -1.70. The highest BCUT2D eigenvalue weighted by molar-refractivity contribution is 7.94. The summed E-state index contributed by atoms with van der Waals surface area (Å²) in [4.78, 5) is 11.3. The molecule has 0 saturated carbocycles. The molecule has 1 aromatic heterocycles. The second-order valence-corrected chi connectivity index (χ2v) is 5.18. The maximum absolute atomic E-state index is 11.3. The SMILES string of the molecule is C=CS(=O)(=O)CCC(=O)Nc1cn(C)nn1. The summed E-state index contributed by atoms with van der Waals surface area (Å²) >= 11 is 0. The van der Waals surface area contributed by atoms with Crippen LogP contribution < -0.4 is 5.32 Å². The molecule has 0 fully saturated rings. The van der Waals surface area contributed by atoms with Crippen LogP contribution in [0.5, 0.6) is 0 Å². The van der Waals surface area contributed by atoms with Crippen LogP contribution in [0, 0.1) is 0 Å². The average molecular weight is 244 g/mol. The molecule has 0 aliphatic carbocycles. The normalized spacial score (nSPS) is 11.1. The Morgan fingerprint density at radius 2 is 2.38 bits per heavy atom. The lowest BCUT2D eigenvalue weighted by molar-refractivity contribution is -0.115. The van der Waals surface area contributed by atoms with Crippen LogP contribution in [0.1, 0.15) is 6.42 Å². The third kappa shape index (κ3) is 3.81. The molecule has 8 heteroatoms. The van der Waals surface area contributed by atoms with Crippen LogP contribution in [-0.2, 0) is 21.7 Å². The van der Waals surface area contributed by atoms with Crippen molar-refractivity contribution in [1.82, 2.24) is 15.0 Å². The molecule has 1 N–H and O–H groups in total. The Morgan fingerprint density at radius 3 is 2.88 bits per heavy atom. The molecule has 0 radical (unpaired) electrons. The van der Waals surface area contributed by atoms with Gasteiger partial charge in [0.2, 0.25) is 5.91 Å². The van der Waals surface area contributed by atoms with Crippen molar-refractivity contribution in [2.45, 2.75) is 6.42 Å². The summed E-state index contributed by atoms with van der Waals surface area (Å²) in [6.45, 7) is 3.15. The standard InChI is InChI=1S/C8H12N4O3S/c1-3-16(14,15)5-4-8(13)9-7-6-12(2)11-10-7/h3,6H,1,4-5H2,2H3,(H,9,13). The molecule has 0 aromatic carbocycles. The number of nitrogens with zero attached hydrogens (tertiary/aromatic N) is 3. The molecule has 0 atom stereocenters. The van der Waals surface area contributed by atoms with Gasteiger partial charge in [0.05, 0.1) is 11.9 Å². The van der Waals surface area contributed by atoms with E-state index in [9.17, 15) is 13.2 Å². The van der Waals surface area contributed by atoms with E-state index in [1.54, 1.807) is 7.05 Å². The van der Waals surface area contributed by atoms with E-state index >= 15 is 0 Å². The molecule has 0 aliphatic heterocycles. The van der Waals surface area contributed by atoms with Gasteiger partial charge in [0.25, 0.3) is 0 Å². The zero-order valence-electron chi connectivity index (χ0n) is 8.75. The molecule has 16 heavy (non-hydrogen) atoms. The van der Waals surface area contributed by atoms with E-state index in [0.29, 0.717) is 5.82 Å². The smallest absolute Gasteiger partial charge is 0.226 e. The lowest BCUT2D eigenvalue weighted by Crippen LogP contribution is -2.16. The van der Waals surface area contributed by atoms with Crippen molar-refractivity contribution in [3.63, 3.8) is 0 Å². The van der Waals surface area contributed by atoms with Crippen molar-refractivity contribution in [3.8, 4) is 0 Å². The van der Waals surface area contributed by atoms with Crippen LogP contribution in [0.25, 0.3) is 0 Å². The molecule has 0 unspecified atom stereocenters. The van der Waals surface area contributed by atoms with Gasteiger partial charge in [-0.05, 0) is 0 Å². The zero-order valence-corrected chi connectivity index (χ0v) is 9.57. The molecule has 0 spiro atoms. The van der Waals surface area contributed by atoms with E-state index in [4.69, 9.17) is 0 Å². The number of aryl methyl sites for hydroxylation is 1. The average Bonchev–Trinajstić information content (AvgIpc) is 2.61. The van der Waals surface area contributed by atoms with E-state index < -0.39 is 15.7 Å². The monoisotopic (exact) mass is 244 g/mol. The first-order valence-corrected chi connectivity index (χ1v) is 6.16. The molecular weight excluding hydrogens is 232 g/mol. The molecule has 0 aliphatic rings. The zero-order chi connectivity index (χ0) is 12.2. The number of rotatable bonds is 5. The van der Waals surface area contributed by atoms with Crippen molar-refractivity contribution in [1.29, 1.82) is 0 Å². The first-order chi connectivity index (χ1) is 7.43. The molecule has 1 rings (SSSR count). The highest BCUT2D eigenvalue weighted by Gasteiger charge is 2.10. The largest absolute Gasteiger partial charge is 0.308 e. The first kappa shape index (κ1) is 12.4. The van der Waals surface area contributed by atoms with Gasteiger partial charge in [-0.25, -0.2) is 8.42 Å². The van der Waals surface area contributed by atoms with E-state index in [0.717, 1.165) is 5.41 Å². The third-order valence-corrected chi connectivity index (χ3v) is 3.02. The van der Waals surface area contributed by atoms with Crippen molar-refractivity contribution < 1.29 is 13.2 Å². The number of carbonyl (C=O) groups excluding carboxylic acids is 1. The maximum atomic E-state index is 11.3. The summed E-state index contributed by atoms with van der Waals surface area (Å²) in [6.07, 6.45) is 1.38. The van der Waals surface area contributed by atoms with Gasteiger partial charge < -0.3 is 5.32 Å². The number of hydrogen-bond donors (Lipinski definition) is 1. The summed E-state index contributed by atoms with van der Waals surface area (Å²) in [6, 6.07) is 0. The minimum absolute atomic E-state index is 0.134. The van der Waals surface area contributed by atoms with Crippen molar-refractivity contribution in [3.05, 3.63) is 18.2 Å². The van der Waals surface area contributed by atoms with Crippen molar-refractivity contribution in [2.24, 2.45) is 7.05 Å². The fourth-order valence-corrected chi connectivity index (χ4v) is 1.56. The molecule has 0 saturated heterocycles. The molecule has 88 valence electrons. The summed E-state index contributed by atoms with van der Waals surface area (Å²) in [5.74, 6) is -0.391. The maximum Gasteiger partial charge on any atom is 0.226 e. The molecular formula is C8H12N4O3S. The van der Waals surface area contributed by atoms with Crippen molar-refractivity contribution >= 4 is 21.6 Å². The molecule has 1 heterocycles. The Kier molecular flexibility index (Phi) is 3.78. The Labute approximate surface area is 93.1 Å². The van der Waals surface area contributed by atoms with Crippen LogP contribution >= 0.6 is 0 Å². The fraction of sp³-hybridized carbons (Fsp3) is 0.375. The number of amides is 1. The lowest BCUT2D eigenvalue weighted by atomic mass is 10.4. The van der Waals surface area contributed by atoms with Crippen LogP contribution in [0.3, 0.4) is 0 Å². The van der Waals surface area contributed by atoms with E-state index in [2.05, 4.69) is 22.2 Å². The van der Waals surface area contributed by atoms with E-state index in [1.165, 1.54) is 10.9 Å². The van der Waals surface area contributed by atoms with Crippen LogP contribution in [0.4, 0.5) is 5.82 Å². The van der Waals surface area contributed by atoms with Gasteiger partial charge in [0.1, 0.15) is 0 Å². The Balaban J connectivity index is 2.46. The van der Waals surface area contributed by atoms with Gasteiger partial charge in [0, 0.05) is 18.9 Å². The number of carbonyl (C=O) groups is 1. The molecule has 0 bridgehead atoms. The van der Waals surface area contributed by atoms with Gasteiger partial charge in [-0.2, -0.15) is 0 Å². The molecule has 1 aromatic rings. The van der Waals surface area contributed by atoms with Gasteiger partial charge in [-0.3, -0.25) is 9.48 Å². The second-order valence-electron chi connectivity index (χ2n) is 3.11. The summed E-state index contributed by atoms with van der Waals surface area (Å²) in [7, 11) is -1.68. The van der Waals surface area contributed by atoms with Gasteiger partial charge in [-0.1, -0.05) is 11.8 Å². The minimum atomic E-state index is -3.34. The number of sulfone groups is 1. The number of anilines is 1. The summed E-state index contributed by atoms with van der Waals surface area (Å²) < 4.78 is 23.5. The third-order valence-electron chi connectivity index (χ3n) is 1.74. The minimum Gasteiger partial charge on any atom is -0.308 e. The Bertz CT molecular complexity index is 491. The van der Waals surface area contributed by atoms with Gasteiger partial charge in [-0.15, -0.1) is 5.10 Å². The fourth-order valence-electron chi connectivity index (χ4n) is 0.928. The van der Waals surface area contributed by atoms with Gasteiger partial charge in [0.15, 0.2) is 15.7 Å². The molecule has 7 nitrogen and oxygen atoms in total. The quantitative estimate of drug-likeness (QED) is 0.767. The predicted molar refractivity (Wildman–Crippen MR) is 58.2 cm³/mol. The van der Waals surface area contributed by atoms with E-state index in [1.807, 2.05) is 0 Å². The summed E-state index contributed by atoms with van der Waals surface area (Å²) in [5, 5.41) is 10.5. The van der Waals surface area contributed by atoms with Crippen LogP contribution in [0.15, 0.2) is 18.2 Å². The highest BCUT2D eigenvalue weighted by Crippen LogP contribution is 2.01. The van der Waals surface area contributed by atoms with Crippen molar-refractivity contribution in [2.75, 3.05) is 11.1 Å². The number of nitrogens with one attached hydrogen (secondary N) is 1. The van der Waals surface area contributed by atoms with Crippen LogP contribution in [-0.4, -0.2) is 35.1 Å². The summed E-state index contributed by atoms with van der Waals surface area (Å²) in [5.41, 5.74) is 0. The lowest BCUT2D eigenvalue weighted by Gasteiger charge is -1.99. The number of hydrogen-bond acceptors (Lipinski definition) is 5. The Morgan fingerprint density at radius 1 is 1.69 bits per heavy atom. The molecule has 1 amide bonds. The predicted octanol–water partition coefficient (Wildman–Crippen LogP) is -0.298. The van der Waals surface area contributed by atoms with E-state index in [-0.39, 0.29) is 12.2 Å². The first-order valence-electron chi connectivity index (χ1n) is 4.44. The number of aromatic nitrogens is 3. The second kappa shape index (κ2) is 4.88. The van der Waals surface area contributed by atoms with Crippen LogP contribution in [0.2, 0.25) is 0 Å².